The molecule has 0 saturated heterocycles. The number of anilines is 2. The van der Waals surface area contributed by atoms with Crippen molar-refractivity contribution in [1.82, 2.24) is 14.5 Å². The van der Waals surface area contributed by atoms with Crippen molar-refractivity contribution in [3.63, 3.8) is 0 Å². The van der Waals surface area contributed by atoms with Gasteiger partial charge in [0.25, 0.3) is 5.56 Å². The van der Waals surface area contributed by atoms with Crippen LogP contribution in [0.25, 0.3) is 0 Å². The van der Waals surface area contributed by atoms with Gasteiger partial charge in [0.15, 0.2) is 5.69 Å². The van der Waals surface area contributed by atoms with Gasteiger partial charge < -0.3 is 15.5 Å². The van der Waals surface area contributed by atoms with Crippen LogP contribution in [0.3, 0.4) is 0 Å². The van der Waals surface area contributed by atoms with E-state index in [1.54, 1.807) is 7.05 Å². The smallest absolute Gasteiger partial charge is 0.330 e. The lowest BCUT2D eigenvalue weighted by Gasteiger charge is -2.28. The van der Waals surface area contributed by atoms with Crippen LogP contribution < -0.4 is 21.9 Å². The fourth-order valence-corrected chi connectivity index (χ4v) is 3.76. The van der Waals surface area contributed by atoms with Gasteiger partial charge in [0.2, 0.25) is 11.8 Å². The first-order valence-corrected chi connectivity index (χ1v) is 11.6. The topological polar surface area (TPSA) is 121 Å². The number of carbonyl (C=O) groups excluding carboxylic acids is 2. The van der Waals surface area contributed by atoms with Gasteiger partial charge in [-0.25, -0.2) is 4.79 Å². The minimum Gasteiger partial charge on any atom is -0.383 e. The highest BCUT2D eigenvalue weighted by Gasteiger charge is 2.27. The molecule has 0 fully saturated rings. The number of likely N-dealkylation sites (N-methyl/N-ethyl adjacent to an activating group) is 1. The predicted octanol–water partition coefficient (Wildman–Crippen LogP) is 2.42. The number of carbonyl (C=O) groups is 2. The van der Waals surface area contributed by atoms with Crippen LogP contribution in [-0.2, 0) is 16.1 Å². The lowest BCUT2D eigenvalue weighted by atomic mass is 9.97. The average molecular weight is 472 g/mol. The number of rotatable bonds is 10. The highest BCUT2D eigenvalue weighted by atomic mass is 16.2. The Morgan fingerprint density at radius 2 is 1.62 bits per heavy atom. The maximum absolute atomic E-state index is 13.3. The number of aromatic amines is 1. The van der Waals surface area contributed by atoms with Crippen molar-refractivity contribution in [3.8, 4) is 0 Å². The van der Waals surface area contributed by atoms with E-state index in [4.69, 9.17) is 5.73 Å². The van der Waals surface area contributed by atoms with Gasteiger partial charge in [-0.1, -0.05) is 65.0 Å². The van der Waals surface area contributed by atoms with Crippen molar-refractivity contribution in [3.05, 3.63) is 56.7 Å². The summed E-state index contributed by atoms with van der Waals surface area (Å²) in [5.74, 6) is -0.556. The van der Waals surface area contributed by atoms with Crippen molar-refractivity contribution in [2.24, 2.45) is 11.8 Å². The third kappa shape index (κ3) is 6.82. The minimum absolute atomic E-state index is 0.00361. The molecule has 2 amide bonds. The van der Waals surface area contributed by atoms with Crippen molar-refractivity contribution >= 4 is 23.3 Å². The Morgan fingerprint density at radius 1 is 1.00 bits per heavy atom. The van der Waals surface area contributed by atoms with Gasteiger partial charge in [-0.05, 0) is 23.3 Å². The third-order valence-electron chi connectivity index (χ3n) is 5.53. The Balaban J connectivity index is 2.29. The molecule has 0 aliphatic carbocycles. The molecule has 9 nitrogen and oxygen atoms in total. The van der Waals surface area contributed by atoms with Crippen LogP contribution in [0.1, 0.15) is 52.5 Å². The maximum Gasteiger partial charge on any atom is 0.330 e. The molecule has 1 atom stereocenters. The molecule has 1 aromatic heterocycles. The Kier molecular flexibility index (Phi) is 9.23. The molecule has 1 heterocycles. The lowest BCUT2D eigenvalue weighted by molar-refractivity contribution is -0.134. The maximum atomic E-state index is 13.3. The molecular formula is C25H37N5O4. The zero-order valence-corrected chi connectivity index (χ0v) is 21.0. The van der Waals surface area contributed by atoms with Gasteiger partial charge in [0, 0.05) is 26.6 Å². The molecule has 34 heavy (non-hydrogen) atoms. The SMILES string of the molecule is CC(C)CN(C(=O)CN(C)C(=O)C[C@@H](C)c1ccccc1)c1c(N)n(CC(C)C)c(=O)[nH]c1=O. The number of benzene rings is 1. The van der Waals surface area contributed by atoms with Crippen LogP contribution in [0, 0.1) is 11.8 Å². The van der Waals surface area contributed by atoms with E-state index < -0.39 is 17.2 Å². The number of nitrogens with one attached hydrogen (secondary N) is 1. The molecule has 0 bridgehead atoms. The van der Waals surface area contributed by atoms with E-state index in [-0.39, 0.29) is 54.7 Å². The molecule has 0 aliphatic rings. The number of hydrogen-bond acceptors (Lipinski definition) is 5. The Hall–Kier alpha value is -3.36. The van der Waals surface area contributed by atoms with E-state index in [1.807, 2.05) is 65.0 Å². The van der Waals surface area contributed by atoms with E-state index in [1.165, 1.54) is 14.4 Å². The van der Waals surface area contributed by atoms with Gasteiger partial charge in [0.1, 0.15) is 5.82 Å². The second-order valence-electron chi connectivity index (χ2n) is 9.66. The van der Waals surface area contributed by atoms with Crippen molar-refractivity contribution in [1.29, 1.82) is 0 Å². The van der Waals surface area contributed by atoms with E-state index in [0.717, 1.165) is 5.56 Å². The van der Waals surface area contributed by atoms with Crippen LogP contribution in [0.2, 0.25) is 0 Å². The summed E-state index contributed by atoms with van der Waals surface area (Å²) in [6, 6.07) is 9.70. The molecule has 0 spiro atoms. The molecule has 0 saturated carbocycles. The van der Waals surface area contributed by atoms with Crippen LogP contribution in [0.5, 0.6) is 0 Å². The monoisotopic (exact) mass is 471 g/mol. The summed E-state index contributed by atoms with van der Waals surface area (Å²) < 4.78 is 1.28. The summed E-state index contributed by atoms with van der Waals surface area (Å²) in [7, 11) is 1.57. The highest BCUT2D eigenvalue weighted by Crippen LogP contribution is 2.21. The Bertz CT molecular complexity index is 1100. The summed E-state index contributed by atoms with van der Waals surface area (Å²) in [6.07, 6.45) is 0.250. The van der Waals surface area contributed by atoms with Crippen molar-refractivity contribution < 1.29 is 9.59 Å². The van der Waals surface area contributed by atoms with Crippen LogP contribution in [0.4, 0.5) is 11.5 Å². The Labute approximate surface area is 200 Å². The normalized spacial score (nSPS) is 12.1. The van der Waals surface area contributed by atoms with Crippen molar-refractivity contribution in [2.45, 2.75) is 53.5 Å². The minimum atomic E-state index is -0.719. The second kappa shape index (κ2) is 11.7. The van der Waals surface area contributed by atoms with Crippen molar-refractivity contribution in [2.75, 3.05) is 30.8 Å². The first-order valence-electron chi connectivity index (χ1n) is 11.6. The molecule has 0 radical (unpaired) electrons. The molecule has 0 unspecified atom stereocenters. The first kappa shape index (κ1) is 26.9. The number of amides is 2. The number of H-pyrrole nitrogens is 1. The van der Waals surface area contributed by atoms with Gasteiger partial charge in [-0.3, -0.25) is 23.9 Å². The lowest BCUT2D eigenvalue weighted by Crippen LogP contribution is -2.47. The summed E-state index contributed by atoms with van der Waals surface area (Å²) >= 11 is 0. The Morgan fingerprint density at radius 3 is 2.18 bits per heavy atom. The zero-order chi connectivity index (χ0) is 25.6. The standard InChI is InChI=1S/C25H37N5O4/c1-16(2)13-29(22-23(26)30(14-17(3)4)25(34)27-24(22)33)21(32)15-28(6)20(31)12-18(5)19-10-8-7-9-11-19/h7-11,16-18H,12-15,26H2,1-6H3,(H,27,33,34)/t18-/m1/s1. The molecule has 9 heteroatoms. The largest absolute Gasteiger partial charge is 0.383 e. The average Bonchev–Trinajstić information content (AvgIpc) is 2.75. The van der Waals surface area contributed by atoms with E-state index in [9.17, 15) is 19.2 Å². The van der Waals surface area contributed by atoms with Crippen LogP contribution >= 0.6 is 0 Å². The molecule has 0 aliphatic heterocycles. The van der Waals surface area contributed by atoms with E-state index >= 15 is 0 Å². The molecule has 2 aromatic rings. The molecule has 1 aromatic carbocycles. The number of hydrogen-bond donors (Lipinski definition) is 2. The third-order valence-corrected chi connectivity index (χ3v) is 5.53. The van der Waals surface area contributed by atoms with Crippen LogP contribution in [0.15, 0.2) is 39.9 Å². The van der Waals surface area contributed by atoms with Gasteiger partial charge in [-0.15, -0.1) is 0 Å². The highest BCUT2D eigenvalue weighted by molar-refractivity contribution is 5.98. The number of aromatic nitrogens is 2. The first-order chi connectivity index (χ1) is 15.9. The number of nitrogens with two attached hydrogens (primary N) is 1. The van der Waals surface area contributed by atoms with E-state index in [2.05, 4.69) is 4.98 Å². The molecule has 2 rings (SSSR count). The fourth-order valence-electron chi connectivity index (χ4n) is 3.76. The van der Waals surface area contributed by atoms with Crippen LogP contribution in [-0.4, -0.2) is 46.4 Å². The van der Waals surface area contributed by atoms with Gasteiger partial charge >= 0.3 is 5.69 Å². The molecule has 186 valence electrons. The number of nitrogen functional groups attached to an aromatic ring is 1. The summed E-state index contributed by atoms with van der Waals surface area (Å²) in [4.78, 5) is 56.1. The fraction of sp³-hybridized carbons (Fsp3) is 0.520. The van der Waals surface area contributed by atoms with Gasteiger partial charge in [-0.2, -0.15) is 0 Å². The second-order valence-corrected chi connectivity index (χ2v) is 9.66. The summed E-state index contributed by atoms with van der Waals surface area (Å²) in [5.41, 5.74) is 5.89. The zero-order valence-electron chi connectivity index (χ0n) is 21.0. The molecule has 3 N–H and O–H groups in total. The van der Waals surface area contributed by atoms with Gasteiger partial charge in [0.05, 0.1) is 6.54 Å². The number of nitrogens with zero attached hydrogens (tertiary/aromatic N) is 3. The summed E-state index contributed by atoms with van der Waals surface area (Å²) in [6.45, 7) is 9.93. The van der Waals surface area contributed by atoms with E-state index in [0.29, 0.717) is 6.54 Å². The molecular weight excluding hydrogens is 434 g/mol. The summed E-state index contributed by atoms with van der Waals surface area (Å²) in [5, 5.41) is 0. The predicted molar refractivity (Wildman–Crippen MR) is 135 cm³/mol. The quantitative estimate of drug-likeness (QED) is 0.551.